The molecule has 2 aromatic carbocycles. The minimum absolute atomic E-state index is 0.443. The first kappa shape index (κ1) is 16.1. The van der Waals surface area contributed by atoms with Gasteiger partial charge in [-0.05, 0) is 50.5 Å². The van der Waals surface area contributed by atoms with E-state index in [2.05, 4.69) is 0 Å². The fourth-order valence-corrected chi connectivity index (χ4v) is 2.57. The van der Waals surface area contributed by atoms with Gasteiger partial charge in [0.05, 0.1) is 12.0 Å². The molecular weight excluding hydrogens is 276 g/mol. The molecule has 22 heavy (non-hydrogen) atoms. The summed E-state index contributed by atoms with van der Waals surface area (Å²) in [5, 5.41) is 9.75. The Hall–Kier alpha value is -2.29. The number of ether oxygens (including phenoxy) is 1. The zero-order valence-electron chi connectivity index (χ0n) is 13.3. The molecule has 0 heterocycles. The standard InChI is InChI=1S/C19H22O3/c1-4-22-17-10-8-15(9-11-17)13-19(3,18(20)21)16-7-5-6-14(2)12-16/h5-12H,4,13H2,1-3H3,(H,20,21). The van der Waals surface area contributed by atoms with Gasteiger partial charge in [-0.25, -0.2) is 0 Å². The molecule has 0 aliphatic heterocycles. The highest BCUT2D eigenvalue weighted by atomic mass is 16.5. The molecule has 0 bridgehead atoms. The summed E-state index contributed by atoms with van der Waals surface area (Å²) in [4.78, 5) is 11.9. The van der Waals surface area contributed by atoms with Gasteiger partial charge in [0.15, 0.2) is 0 Å². The third-order valence-corrected chi connectivity index (χ3v) is 3.92. The highest BCUT2D eigenvalue weighted by molar-refractivity contribution is 5.81. The molecule has 0 aromatic heterocycles. The first-order valence-corrected chi connectivity index (χ1v) is 7.48. The molecule has 1 N–H and O–H groups in total. The SMILES string of the molecule is CCOc1ccc(CC(C)(C(=O)O)c2cccc(C)c2)cc1. The third kappa shape index (κ3) is 3.48. The number of aliphatic carboxylic acids is 1. The van der Waals surface area contributed by atoms with Crippen LogP contribution in [-0.2, 0) is 16.6 Å². The lowest BCUT2D eigenvalue weighted by molar-refractivity contribution is -0.143. The number of hydrogen-bond acceptors (Lipinski definition) is 2. The van der Waals surface area contributed by atoms with Crippen LogP contribution in [0, 0.1) is 6.92 Å². The normalized spacial score (nSPS) is 13.4. The Labute approximate surface area is 131 Å². The first-order chi connectivity index (χ1) is 10.5. The summed E-state index contributed by atoms with van der Waals surface area (Å²) >= 11 is 0. The fourth-order valence-electron chi connectivity index (χ4n) is 2.57. The van der Waals surface area contributed by atoms with Crippen LogP contribution in [0.15, 0.2) is 48.5 Å². The summed E-state index contributed by atoms with van der Waals surface area (Å²) in [5.41, 5.74) is 1.93. The lowest BCUT2D eigenvalue weighted by atomic mass is 9.77. The minimum atomic E-state index is -0.945. The van der Waals surface area contributed by atoms with Gasteiger partial charge in [0.25, 0.3) is 0 Å². The largest absolute Gasteiger partial charge is 0.494 e. The highest BCUT2D eigenvalue weighted by Crippen LogP contribution is 2.30. The molecule has 116 valence electrons. The average molecular weight is 298 g/mol. The van der Waals surface area contributed by atoms with Gasteiger partial charge in [-0.15, -0.1) is 0 Å². The van der Waals surface area contributed by atoms with Crippen molar-refractivity contribution in [2.75, 3.05) is 6.61 Å². The van der Waals surface area contributed by atoms with Crippen molar-refractivity contribution < 1.29 is 14.6 Å². The van der Waals surface area contributed by atoms with Crippen molar-refractivity contribution in [2.24, 2.45) is 0 Å². The van der Waals surface area contributed by atoms with E-state index in [1.165, 1.54) is 0 Å². The van der Waals surface area contributed by atoms with Crippen LogP contribution in [0.1, 0.15) is 30.5 Å². The van der Waals surface area contributed by atoms with Crippen LogP contribution < -0.4 is 4.74 Å². The van der Waals surface area contributed by atoms with Crippen molar-refractivity contribution in [3.63, 3.8) is 0 Å². The smallest absolute Gasteiger partial charge is 0.314 e. The van der Waals surface area contributed by atoms with Gasteiger partial charge < -0.3 is 9.84 Å². The maximum Gasteiger partial charge on any atom is 0.314 e. The van der Waals surface area contributed by atoms with Gasteiger partial charge in [-0.1, -0.05) is 42.0 Å². The van der Waals surface area contributed by atoms with Crippen LogP contribution in [0.5, 0.6) is 5.75 Å². The topological polar surface area (TPSA) is 46.5 Å². The van der Waals surface area contributed by atoms with Gasteiger partial charge in [0.1, 0.15) is 5.75 Å². The van der Waals surface area contributed by atoms with Crippen molar-refractivity contribution in [2.45, 2.75) is 32.6 Å². The van der Waals surface area contributed by atoms with Crippen molar-refractivity contribution in [3.05, 3.63) is 65.2 Å². The van der Waals surface area contributed by atoms with Crippen molar-refractivity contribution >= 4 is 5.97 Å². The maximum absolute atomic E-state index is 11.9. The molecule has 2 aromatic rings. The van der Waals surface area contributed by atoms with Crippen LogP contribution >= 0.6 is 0 Å². The van der Waals surface area contributed by atoms with Crippen molar-refractivity contribution in [1.82, 2.24) is 0 Å². The van der Waals surface area contributed by atoms with Gasteiger partial charge in [0, 0.05) is 0 Å². The van der Waals surface area contributed by atoms with E-state index in [0.717, 1.165) is 22.4 Å². The van der Waals surface area contributed by atoms with Crippen LogP contribution in [0.25, 0.3) is 0 Å². The predicted molar refractivity (Wildman–Crippen MR) is 87.5 cm³/mol. The number of hydrogen-bond donors (Lipinski definition) is 1. The minimum Gasteiger partial charge on any atom is -0.494 e. The second-order valence-corrected chi connectivity index (χ2v) is 5.76. The van der Waals surface area contributed by atoms with Gasteiger partial charge in [-0.3, -0.25) is 4.79 Å². The molecule has 3 heteroatoms. The molecule has 2 rings (SSSR count). The fraction of sp³-hybridized carbons (Fsp3) is 0.316. The van der Waals surface area contributed by atoms with Crippen molar-refractivity contribution in [1.29, 1.82) is 0 Å². The van der Waals surface area contributed by atoms with E-state index in [4.69, 9.17) is 4.74 Å². The summed E-state index contributed by atoms with van der Waals surface area (Å²) in [6, 6.07) is 15.4. The number of rotatable bonds is 6. The Morgan fingerprint density at radius 3 is 2.41 bits per heavy atom. The zero-order chi connectivity index (χ0) is 16.2. The van der Waals surface area contributed by atoms with E-state index in [-0.39, 0.29) is 0 Å². The zero-order valence-corrected chi connectivity index (χ0v) is 13.3. The third-order valence-electron chi connectivity index (χ3n) is 3.92. The summed E-state index contributed by atoms with van der Waals surface area (Å²) < 4.78 is 5.42. The molecule has 0 radical (unpaired) electrons. The second-order valence-electron chi connectivity index (χ2n) is 5.76. The monoisotopic (exact) mass is 298 g/mol. The number of carboxylic acids is 1. The van der Waals surface area contributed by atoms with E-state index in [1.807, 2.05) is 62.4 Å². The van der Waals surface area contributed by atoms with Gasteiger partial charge in [0.2, 0.25) is 0 Å². The second kappa shape index (κ2) is 6.65. The Morgan fingerprint density at radius 1 is 1.18 bits per heavy atom. The van der Waals surface area contributed by atoms with E-state index in [9.17, 15) is 9.90 Å². The molecule has 1 atom stereocenters. The average Bonchev–Trinajstić information content (AvgIpc) is 2.49. The molecule has 1 unspecified atom stereocenters. The molecule has 0 spiro atoms. The maximum atomic E-state index is 11.9. The van der Waals surface area contributed by atoms with Gasteiger partial charge in [-0.2, -0.15) is 0 Å². The molecule has 0 aliphatic rings. The summed E-state index contributed by atoms with van der Waals surface area (Å²) in [6.07, 6.45) is 0.443. The van der Waals surface area contributed by atoms with Crippen LogP contribution in [-0.4, -0.2) is 17.7 Å². The number of carbonyl (C=O) groups is 1. The molecule has 0 aliphatic carbocycles. The number of benzene rings is 2. The molecule has 0 saturated heterocycles. The molecule has 0 amide bonds. The Kier molecular flexibility index (Phi) is 4.86. The predicted octanol–water partition coefficient (Wildman–Crippen LogP) is 3.98. The molecule has 0 fully saturated rings. The summed E-state index contributed by atoms with van der Waals surface area (Å²) in [6.45, 7) is 6.31. The lowest BCUT2D eigenvalue weighted by Crippen LogP contribution is -2.34. The number of carboxylic acid groups (broad SMARTS) is 1. The summed E-state index contributed by atoms with van der Waals surface area (Å²) in [7, 11) is 0. The highest BCUT2D eigenvalue weighted by Gasteiger charge is 2.35. The van der Waals surface area contributed by atoms with Crippen LogP contribution in [0.2, 0.25) is 0 Å². The van der Waals surface area contributed by atoms with E-state index in [1.54, 1.807) is 6.92 Å². The number of aryl methyl sites for hydroxylation is 1. The van der Waals surface area contributed by atoms with E-state index in [0.29, 0.717) is 13.0 Å². The van der Waals surface area contributed by atoms with E-state index < -0.39 is 11.4 Å². The molecule has 3 nitrogen and oxygen atoms in total. The first-order valence-electron chi connectivity index (χ1n) is 7.48. The molecule has 0 saturated carbocycles. The quantitative estimate of drug-likeness (QED) is 0.877. The Balaban J connectivity index is 2.30. The molecular formula is C19H22O3. The van der Waals surface area contributed by atoms with Crippen molar-refractivity contribution in [3.8, 4) is 5.75 Å². The Bertz CT molecular complexity index is 646. The lowest BCUT2D eigenvalue weighted by Gasteiger charge is -2.26. The van der Waals surface area contributed by atoms with Crippen LogP contribution in [0.4, 0.5) is 0 Å². The van der Waals surface area contributed by atoms with E-state index >= 15 is 0 Å². The van der Waals surface area contributed by atoms with Crippen LogP contribution in [0.3, 0.4) is 0 Å². The summed E-state index contributed by atoms with van der Waals surface area (Å²) in [5.74, 6) is -0.00850. The van der Waals surface area contributed by atoms with Gasteiger partial charge >= 0.3 is 5.97 Å². The Morgan fingerprint density at radius 2 is 1.86 bits per heavy atom.